The molecule has 4 heterocycles. The van der Waals surface area contributed by atoms with Crippen molar-refractivity contribution in [1.29, 1.82) is 0 Å². The van der Waals surface area contributed by atoms with Gasteiger partial charge in [0.15, 0.2) is 5.78 Å². The Balaban J connectivity index is 0.697. The number of allylic oxidation sites excluding steroid dienone is 5. The molecule has 4 aliphatic rings. The van der Waals surface area contributed by atoms with Gasteiger partial charge in [0, 0.05) is 50.0 Å². The third-order valence-electron chi connectivity index (χ3n) is 14.0. The van der Waals surface area contributed by atoms with Gasteiger partial charge in [-0.15, -0.1) is 0 Å². The molecule has 0 radical (unpaired) electrons. The van der Waals surface area contributed by atoms with Crippen molar-refractivity contribution in [2.75, 3.05) is 71.7 Å². The number of nitrogens with zero attached hydrogens (tertiary/aromatic N) is 3. The van der Waals surface area contributed by atoms with Crippen molar-refractivity contribution in [3.8, 4) is 5.75 Å². The van der Waals surface area contributed by atoms with Crippen LogP contribution in [0.4, 0.5) is 5.82 Å². The highest BCUT2D eigenvalue weighted by Crippen LogP contribution is 2.49. The first kappa shape index (κ1) is 65.6. The fraction of sp³-hybridized carbons (Fsp3) is 0.418. The van der Waals surface area contributed by atoms with Crippen LogP contribution in [-0.2, 0) is 62.2 Å². The van der Waals surface area contributed by atoms with Crippen LogP contribution in [0, 0.1) is 0 Å². The summed E-state index contributed by atoms with van der Waals surface area (Å²) in [6, 6.07) is 10.4. The third kappa shape index (κ3) is 17.9. The van der Waals surface area contributed by atoms with Crippen molar-refractivity contribution in [1.82, 2.24) is 29.7 Å². The standard InChI is InChI=1S/C55H65N7O23P2/c56-46-13-16-61(54(72)59-46)48-27-42(66)45(84-48)31-82-86(74,75)80-21-19-78-17-18-79-20-22-81-87(76,77)85-43-28-49(83-44(43)30-63)62-29-33(52(69)60-55(62)73)6-12-47(67)57-14-3-1-2-4-15-58-51(68)32-5-9-40(53(70)71)41(26-32)50-38-10-7-36(64)24-34(38)23-35-25-37(65)8-11-39(35)50/h5-13,16,24-26,29,42-45,48-49,63-64,66H,1-4,14-15,17-23,27-28,30-31H2,(H,57,67)(H,58,68)(H,70,71)(H,74,75)(H,76,77)(H2,56,59,72)(H,60,69,73)/b12-6+/t42?,43?,44-,45-,48-,49-/m1/s1. The highest BCUT2D eigenvalue weighted by Gasteiger charge is 2.42. The number of aromatic carboxylic acids is 1. The summed E-state index contributed by atoms with van der Waals surface area (Å²) in [6.07, 6.45) is 5.06. The molecule has 4 unspecified atom stereocenters. The number of carboxylic acids is 1. The molecule has 2 fully saturated rings. The second-order valence-electron chi connectivity index (χ2n) is 20.1. The Kier molecular flexibility index (Phi) is 22.6. The van der Waals surface area contributed by atoms with Crippen LogP contribution in [0.25, 0.3) is 11.6 Å². The van der Waals surface area contributed by atoms with Gasteiger partial charge < -0.3 is 65.5 Å². The van der Waals surface area contributed by atoms with Gasteiger partial charge in [0.05, 0.1) is 70.1 Å². The molecule has 0 bridgehead atoms. The van der Waals surface area contributed by atoms with E-state index in [1.54, 1.807) is 18.2 Å². The molecule has 11 N–H and O–H groups in total. The van der Waals surface area contributed by atoms with Crippen LogP contribution in [0.3, 0.4) is 0 Å². The lowest BCUT2D eigenvalue weighted by Gasteiger charge is -2.27. The average Bonchev–Trinajstić information content (AvgIpc) is 3.17. The van der Waals surface area contributed by atoms with E-state index < -0.39 is 107 Å². The number of carboxylic acid groups (broad SMARTS) is 1. The number of aromatic hydroxyl groups is 1. The summed E-state index contributed by atoms with van der Waals surface area (Å²) in [5.41, 5.74) is 6.58. The maximum atomic E-state index is 13.4. The molecule has 468 valence electrons. The first-order valence-electron chi connectivity index (χ1n) is 27.4. The van der Waals surface area contributed by atoms with Crippen LogP contribution in [0.2, 0.25) is 0 Å². The summed E-state index contributed by atoms with van der Waals surface area (Å²) in [5, 5.41) is 46.3. The number of phenols is 1. The minimum absolute atomic E-state index is 0.00287. The topological polar surface area (TPSA) is 437 Å². The first-order chi connectivity index (χ1) is 41.6. The van der Waals surface area contributed by atoms with E-state index in [2.05, 4.69) is 20.6 Å². The average molecular weight is 1250 g/mol. The Bertz CT molecular complexity index is 3620. The molecule has 2 saturated heterocycles. The molecule has 2 amide bonds. The molecule has 0 spiro atoms. The van der Waals surface area contributed by atoms with Gasteiger partial charge >= 0.3 is 33.0 Å². The number of H-pyrrole nitrogens is 1. The van der Waals surface area contributed by atoms with E-state index in [1.165, 1.54) is 54.8 Å². The molecule has 87 heavy (non-hydrogen) atoms. The largest absolute Gasteiger partial charge is 0.508 e. The Morgan fingerprint density at radius 1 is 0.816 bits per heavy atom. The van der Waals surface area contributed by atoms with E-state index in [0.29, 0.717) is 66.5 Å². The van der Waals surface area contributed by atoms with Gasteiger partial charge in [0.2, 0.25) is 5.91 Å². The van der Waals surface area contributed by atoms with Crippen molar-refractivity contribution in [2.45, 2.75) is 81.8 Å². The third-order valence-corrected chi connectivity index (χ3v) is 16.0. The molecule has 2 aliphatic carbocycles. The van der Waals surface area contributed by atoms with Gasteiger partial charge in [-0.05, 0) is 107 Å². The molecular weight excluding hydrogens is 1190 g/mol. The number of amides is 2. The SMILES string of the molecule is Nc1ccn([C@H]2CC(O)[C@@H](COP(=O)(O)OCCOCCOCCOP(=O)(O)OC3C[C@H](n4cc(/C=C/C(=O)NCCCCCCNC(=O)c5ccc(C(=O)O)c(C6=C7C=CC(=O)C=C7Cc7cc(O)ccc76)c5)c(=O)[nH]c4=O)O[C@@H]3CO)O2)c(=O)n1. The maximum Gasteiger partial charge on any atom is 0.472 e. The lowest BCUT2D eigenvalue weighted by Crippen LogP contribution is -2.33. The van der Waals surface area contributed by atoms with Crippen LogP contribution in [0.15, 0.2) is 105 Å². The number of ketones is 1. The highest BCUT2D eigenvalue weighted by atomic mass is 31.2. The number of fused-ring (bicyclic) bond motifs is 2. The zero-order chi connectivity index (χ0) is 62.4. The summed E-state index contributed by atoms with van der Waals surface area (Å²) in [6.45, 7) is -1.91. The second-order valence-corrected chi connectivity index (χ2v) is 23.0. The minimum Gasteiger partial charge on any atom is -0.508 e. The number of phosphoric ester groups is 2. The summed E-state index contributed by atoms with van der Waals surface area (Å²) in [5.74, 6) is -2.38. The zero-order valence-corrected chi connectivity index (χ0v) is 48.3. The van der Waals surface area contributed by atoms with Gasteiger partial charge in [-0.1, -0.05) is 25.0 Å². The van der Waals surface area contributed by atoms with Crippen molar-refractivity contribution in [3.05, 3.63) is 155 Å². The number of hydrogen-bond acceptors (Lipinski definition) is 22. The Morgan fingerprint density at radius 3 is 2.22 bits per heavy atom. The van der Waals surface area contributed by atoms with Crippen LogP contribution in [0.5, 0.6) is 5.75 Å². The van der Waals surface area contributed by atoms with E-state index in [9.17, 15) is 72.9 Å². The Labute approximate surface area is 494 Å². The molecular formula is C55H65N7O23P2. The van der Waals surface area contributed by atoms with Gasteiger partial charge in [-0.25, -0.2) is 23.5 Å². The van der Waals surface area contributed by atoms with Crippen molar-refractivity contribution in [3.63, 3.8) is 0 Å². The predicted molar refractivity (Wildman–Crippen MR) is 305 cm³/mol. The number of aromatic amines is 1. The molecule has 30 nitrogen and oxygen atoms in total. The number of anilines is 1. The first-order valence-corrected chi connectivity index (χ1v) is 30.4. The molecule has 4 aromatic rings. The summed E-state index contributed by atoms with van der Waals surface area (Å²) in [4.78, 5) is 115. The number of nitrogens with one attached hydrogen (secondary N) is 3. The van der Waals surface area contributed by atoms with Crippen molar-refractivity contribution in [2.24, 2.45) is 0 Å². The number of aromatic nitrogens is 4. The number of aliphatic hydroxyl groups excluding tert-OH is 2. The van der Waals surface area contributed by atoms with Gasteiger partial charge in [-0.3, -0.25) is 51.4 Å². The number of hydrogen-bond donors (Lipinski definition) is 10. The van der Waals surface area contributed by atoms with E-state index >= 15 is 0 Å². The number of aliphatic hydroxyl groups is 2. The monoisotopic (exact) mass is 1250 g/mol. The summed E-state index contributed by atoms with van der Waals surface area (Å²) >= 11 is 0. The normalized spacial score (nSPS) is 21.3. The molecule has 0 saturated carbocycles. The summed E-state index contributed by atoms with van der Waals surface area (Å²) < 4.78 is 69.3. The minimum atomic E-state index is -4.81. The Hall–Kier alpha value is -7.38. The van der Waals surface area contributed by atoms with Crippen molar-refractivity contribution < 1.29 is 95.6 Å². The molecule has 2 aromatic carbocycles. The van der Waals surface area contributed by atoms with Gasteiger partial charge in [0.25, 0.3) is 11.5 Å². The van der Waals surface area contributed by atoms with Gasteiger partial charge in [-0.2, -0.15) is 4.98 Å². The number of phenolic OH excluding ortho intramolecular Hbond substituents is 1. The lowest BCUT2D eigenvalue weighted by atomic mass is 9.76. The van der Waals surface area contributed by atoms with E-state index in [-0.39, 0.29) is 92.0 Å². The number of carbonyl (C=O) groups is 4. The number of benzene rings is 2. The number of rotatable bonds is 31. The van der Waals surface area contributed by atoms with Crippen molar-refractivity contribution >= 4 is 56.7 Å². The van der Waals surface area contributed by atoms with Gasteiger partial charge in [0.1, 0.15) is 42.3 Å². The van der Waals surface area contributed by atoms with E-state index in [1.807, 2.05) is 0 Å². The number of nitrogens with two attached hydrogens (primary N) is 1. The van der Waals surface area contributed by atoms with E-state index in [0.717, 1.165) is 21.4 Å². The number of ether oxygens (including phenoxy) is 4. The summed E-state index contributed by atoms with van der Waals surface area (Å²) in [7, 11) is -9.41. The molecule has 2 aromatic heterocycles. The van der Waals surface area contributed by atoms with Crippen LogP contribution in [-0.4, -0.2) is 163 Å². The number of unbranched alkanes of at least 4 members (excludes halogenated alkanes) is 3. The van der Waals surface area contributed by atoms with E-state index in [4.69, 9.17) is 42.8 Å². The molecule has 2 aliphatic heterocycles. The molecule has 8 atom stereocenters. The number of phosphoric acid groups is 2. The molecule has 8 rings (SSSR count). The fourth-order valence-electron chi connectivity index (χ4n) is 9.81. The fourth-order valence-corrected chi connectivity index (χ4v) is 11.5. The van der Waals surface area contributed by atoms with Crippen LogP contribution in [0.1, 0.15) is 94.0 Å². The maximum absolute atomic E-state index is 13.4. The smallest absolute Gasteiger partial charge is 0.472 e. The second kappa shape index (κ2) is 30.0. The predicted octanol–water partition coefficient (Wildman–Crippen LogP) is 1.92. The lowest BCUT2D eigenvalue weighted by molar-refractivity contribution is -0.116. The zero-order valence-electron chi connectivity index (χ0n) is 46.5. The number of nitrogen functional groups attached to an aromatic ring is 1. The Morgan fingerprint density at radius 2 is 1.51 bits per heavy atom. The highest BCUT2D eigenvalue weighted by molar-refractivity contribution is 7.47. The van der Waals surface area contributed by atoms with Crippen LogP contribution >= 0.6 is 15.6 Å². The quantitative estimate of drug-likeness (QED) is 0.0195. The van der Waals surface area contributed by atoms with Crippen LogP contribution < -0.4 is 33.3 Å². The molecule has 32 heteroatoms. The number of carbonyl (C=O) groups excluding carboxylic acids is 3.